The maximum absolute atomic E-state index is 13.2. The summed E-state index contributed by atoms with van der Waals surface area (Å²) in [6.07, 6.45) is 5.43. The summed E-state index contributed by atoms with van der Waals surface area (Å²) in [6.45, 7) is 18.9. The second kappa shape index (κ2) is 28.3. The summed E-state index contributed by atoms with van der Waals surface area (Å²) < 4.78 is 71.2. The van der Waals surface area contributed by atoms with Gasteiger partial charge in [0.15, 0.2) is 14.6 Å². The molecule has 406 valence electrons. The number of aromatic nitrogens is 2. The Balaban J connectivity index is 0.000000347. The Bertz CT molecular complexity index is 2760. The van der Waals surface area contributed by atoms with Crippen LogP contribution >= 0.6 is 21.2 Å². The molecule has 1 heterocycles. The minimum atomic E-state index is -3.56. The van der Waals surface area contributed by atoms with Crippen LogP contribution in [0.1, 0.15) is 69.4 Å². The lowest BCUT2D eigenvalue weighted by Gasteiger charge is -2.39. The number of aliphatic hydroxyl groups is 1. The Labute approximate surface area is 440 Å². The van der Waals surface area contributed by atoms with Gasteiger partial charge in [0.1, 0.15) is 5.82 Å². The van der Waals surface area contributed by atoms with Crippen molar-refractivity contribution in [2.75, 3.05) is 63.7 Å². The van der Waals surface area contributed by atoms with Crippen molar-refractivity contribution in [3.05, 3.63) is 132 Å². The number of methoxy groups -OCH3 is 1. The van der Waals surface area contributed by atoms with Gasteiger partial charge in [-0.3, -0.25) is 14.4 Å². The summed E-state index contributed by atoms with van der Waals surface area (Å²) in [5.74, 6) is -1.95. The number of nitrogens with zero attached hydrogens (tertiary/aromatic N) is 3. The molecule has 0 aliphatic carbocycles. The monoisotopic (exact) mass is 1120 g/mol. The van der Waals surface area contributed by atoms with Crippen molar-refractivity contribution >= 4 is 85.9 Å². The molecule has 0 aliphatic heterocycles. The van der Waals surface area contributed by atoms with Crippen molar-refractivity contribution in [3.8, 4) is 11.3 Å². The van der Waals surface area contributed by atoms with Crippen LogP contribution in [0, 0.1) is 5.82 Å². The van der Waals surface area contributed by atoms with E-state index in [0.717, 1.165) is 10.6 Å². The van der Waals surface area contributed by atoms with Gasteiger partial charge in [-0.05, 0) is 97.8 Å². The van der Waals surface area contributed by atoms with Gasteiger partial charge in [0.25, 0.3) is 0 Å². The van der Waals surface area contributed by atoms with Crippen LogP contribution in [-0.4, -0.2) is 133 Å². The van der Waals surface area contributed by atoms with Gasteiger partial charge < -0.3 is 28.5 Å². The number of halogens is 1. The standard InChI is InChI=1S/C19H17P.C16H18FN3O3S.C12H27O4PSi.C7H15O4P/c1-20(17-11-5-2-6-12-17,18-13-7-3-8-14-18)19-15-9-4-10-16-19;1-10(2)14-13(9-21)15(11-5-7-12(17)8-6-11)19-16(18-14)20(3)24(4,22)23;1-12(2,3)18(6,7)16-10(8-11(13)14)9-17(4,5)15;1-11-7(9)4-6(8)5-12(2,3)10/h2-16H,1H2;5-10H,1-4H3;10H,8-9H2,1-7H3,(H,13,14);6,8H,4-5H2,1-3H3/t;;10-;6-/m..11/s1. The van der Waals surface area contributed by atoms with Gasteiger partial charge >= 0.3 is 11.9 Å². The summed E-state index contributed by atoms with van der Waals surface area (Å²) >= 11 is 0. The molecular weight excluding hydrogens is 1040 g/mol. The molecule has 1 aromatic heterocycles. The van der Waals surface area contributed by atoms with Crippen molar-refractivity contribution < 1.29 is 55.7 Å². The van der Waals surface area contributed by atoms with Crippen molar-refractivity contribution in [2.45, 2.75) is 83.7 Å². The molecule has 2 N–H and O–H groups in total. The maximum atomic E-state index is 13.2. The topological polar surface area (TPSA) is 207 Å². The highest BCUT2D eigenvalue weighted by Gasteiger charge is 2.40. The number of aliphatic hydroxyl groups excluding tert-OH is 1. The van der Waals surface area contributed by atoms with E-state index in [4.69, 9.17) is 15.8 Å². The zero-order valence-corrected chi connectivity index (χ0v) is 49.9. The Kier molecular flexibility index (Phi) is 25.0. The zero-order valence-electron chi connectivity index (χ0n) is 45.4. The van der Waals surface area contributed by atoms with Crippen LogP contribution in [0.15, 0.2) is 115 Å². The summed E-state index contributed by atoms with van der Waals surface area (Å²) in [6, 6.07) is 37.4. The first-order valence-corrected chi connectivity index (χ1v) is 36.1. The third kappa shape index (κ3) is 21.4. The number of ether oxygens (including phenoxy) is 1. The van der Waals surface area contributed by atoms with E-state index in [1.54, 1.807) is 26.7 Å². The summed E-state index contributed by atoms with van der Waals surface area (Å²) in [7, 11) is -7.52. The first-order valence-electron chi connectivity index (χ1n) is 23.8. The number of hydrogen-bond donors (Lipinski definition) is 2. The van der Waals surface area contributed by atoms with Crippen molar-refractivity contribution in [2.24, 2.45) is 0 Å². The minimum absolute atomic E-state index is 0.0230. The van der Waals surface area contributed by atoms with Crippen molar-refractivity contribution in [1.82, 2.24) is 9.97 Å². The number of benzene rings is 4. The fourth-order valence-corrected chi connectivity index (χ4v) is 14.1. The van der Waals surface area contributed by atoms with Crippen LogP contribution in [0.2, 0.25) is 18.1 Å². The number of rotatable bonds is 18. The smallest absolute Gasteiger partial charge is 0.308 e. The molecule has 0 saturated carbocycles. The number of sulfonamides is 1. The lowest BCUT2D eigenvalue weighted by atomic mass is 9.99. The predicted octanol–water partition coefficient (Wildman–Crippen LogP) is 10.0. The molecule has 0 bridgehead atoms. The van der Waals surface area contributed by atoms with Crippen LogP contribution in [0.3, 0.4) is 0 Å². The normalized spacial score (nSPS) is 12.8. The molecule has 20 heteroatoms. The highest BCUT2D eigenvalue weighted by molar-refractivity contribution is 7.93. The largest absolute Gasteiger partial charge is 0.481 e. The molecular formula is C54H77FN3O11P3SSi. The predicted molar refractivity (Wildman–Crippen MR) is 308 cm³/mol. The van der Waals surface area contributed by atoms with Gasteiger partial charge in [0.2, 0.25) is 16.0 Å². The number of carboxylic acids is 1. The molecule has 0 unspecified atom stereocenters. The number of anilines is 1. The number of esters is 1. The van der Waals surface area contributed by atoms with Gasteiger partial charge in [0, 0.05) is 24.9 Å². The van der Waals surface area contributed by atoms with E-state index in [-0.39, 0.29) is 47.2 Å². The van der Waals surface area contributed by atoms with Crippen LogP contribution in [0.5, 0.6) is 0 Å². The number of hydrogen-bond acceptors (Lipinski definition) is 12. The molecule has 0 fully saturated rings. The molecule has 0 spiro atoms. The summed E-state index contributed by atoms with van der Waals surface area (Å²) in [5.41, 5.74) is 1.48. The molecule has 0 saturated heterocycles. The van der Waals surface area contributed by atoms with E-state index < -0.39 is 69.5 Å². The summed E-state index contributed by atoms with van der Waals surface area (Å²) in [4.78, 5) is 41.6. The van der Waals surface area contributed by atoms with E-state index in [2.05, 4.69) is 140 Å². The quantitative estimate of drug-likeness (QED) is 0.0363. The van der Waals surface area contributed by atoms with Crippen LogP contribution in [0.4, 0.5) is 10.3 Å². The maximum Gasteiger partial charge on any atom is 0.308 e. The van der Waals surface area contributed by atoms with Crippen LogP contribution in [-0.2, 0) is 37.9 Å². The second-order valence-corrected chi connectivity index (χ2v) is 37.5. The molecule has 4 aromatic carbocycles. The molecule has 0 aliphatic rings. The van der Waals surface area contributed by atoms with E-state index in [9.17, 15) is 41.4 Å². The highest BCUT2D eigenvalue weighted by Crippen LogP contribution is 2.43. The highest BCUT2D eigenvalue weighted by atomic mass is 32.2. The third-order valence-electron chi connectivity index (χ3n) is 11.7. The fourth-order valence-electron chi connectivity index (χ4n) is 6.91. The van der Waals surface area contributed by atoms with Gasteiger partial charge in [-0.2, -0.15) is 0 Å². The van der Waals surface area contributed by atoms with Crippen LogP contribution < -0.4 is 20.2 Å². The second-order valence-electron chi connectivity index (χ2n) is 20.5. The van der Waals surface area contributed by atoms with E-state index >= 15 is 0 Å². The summed E-state index contributed by atoms with van der Waals surface area (Å²) in [5, 5.41) is 22.1. The average Bonchev–Trinajstić information content (AvgIpc) is 3.30. The molecule has 0 radical (unpaired) electrons. The lowest BCUT2D eigenvalue weighted by Crippen LogP contribution is -2.45. The molecule has 2 atom stereocenters. The Morgan fingerprint density at radius 2 is 1.23 bits per heavy atom. The SMILES string of the molecule is C=P(c1ccccc1)(c1ccccc1)c1ccccc1.CC(C)(C)[Si](C)(C)O[C@H](CC(=O)O)CP(C)(C)=O.CC(C)c1nc(N(C)S(C)(=O)=O)nc(-c2ccc(F)cc2)c1C=O.COC(=O)C[C@@H](O)CP(C)(C)=O. The van der Waals surface area contributed by atoms with Gasteiger partial charge in [0.05, 0.1) is 69.7 Å². The third-order valence-corrected chi connectivity index (χ3v) is 23.5. The van der Waals surface area contributed by atoms with E-state index in [1.807, 2.05) is 13.8 Å². The zero-order chi connectivity index (χ0) is 56.5. The first-order chi connectivity index (χ1) is 34.1. The van der Waals surface area contributed by atoms with Gasteiger partial charge in [-0.1, -0.05) is 132 Å². The number of carboxylic acid groups (broad SMARTS) is 1. The van der Waals surface area contributed by atoms with Gasteiger partial charge in [-0.15, -0.1) is 0 Å². The van der Waals surface area contributed by atoms with E-state index in [1.165, 1.54) is 54.3 Å². The first kappa shape index (κ1) is 65.3. The number of carbonyl (C=O) groups excluding carboxylic acids is 2. The molecule has 74 heavy (non-hydrogen) atoms. The van der Waals surface area contributed by atoms with Gasteiger partial charge in [-0.25, -0.2) is 27.1 Å². The van der Waals surface area contributed by atoms with E-state index in [0.29, 0.717) is 23.7 Å². The Hall–Kier alpha value is -4.85. The number of carbonyl (C=O) groups is 3. The van der Waals surface area contributed by atoms with Crippen molar-refractivity contribution in [1.29, 1.82) is 0 Å². The molecule has 5 aromatic rings. The molecule has 0 amide bonds. The fraction of sp³-hybridized carbons (Fsp3) is 0.407. The molecule has 14 nitrogen and oxygen atoms in total. The van der Waals surface area contributed by atoms with Crippen LogP contribution in [0.25, 0.3) is 11.3 Å². The lowest BCUT2D eigenvalue weighted by molar-refractivity contribution is -0.142. The Morgan fingerprint density at radius 1 is 0.797 bits per heavy atom. The molecule has 5 rings (SSSR count). The number of aliphatic carboxylic acids is 1. The minimum Gasteiger partial charge on any atom is -0.481 e. The average molecular weight is 1120 g/mol. The van der Waals surface area contributed by atoms with Crippen molar-refractivity contribution in [3.63, 3.8) is 0 Å². The Morgan fingerprint density at radius 3 is 1.57 bits per heavy atom. The number of aldehydes is 1.